The predicted molar refractivity (Wildman–Crippen MR) is 45.2 cm³/mol. The van der Waals surface area contributed by atoms with Gasteiger partial charge in [0.05, 0.1) is 5.75 Å². The van der Waals surface area contributed by atoms with Crippen LogP contribution in [0.5, 0.6) is 0 Å². The first-order chi connectivity index (χ1) is 5.64. The normalized spacial score (nSPS) is 34.9. The minimum absolute atomic E-state index is 0.238. The Bertz CT molecular complexity index is 178. The molecule has 0 saturated carbocycles. The fraction of sp³-hybridized carbons (Fsp3) is 1.00. The average molecular weight is 194 g/mol. The number of rotatable bonds is 2. The van der Waals surface area contributed by atoms with Gasteiger partial charge in [-0.1, -0.05) is 0 Å². The molecule has 4 nitrogen and oxygen atoms in total. The molecule has 12 heavy (non-hydrogen) atoms. The molecule has 1 saturated heterocycles. The number of ether oxygens (including phenoxy) is 2. The molecule has 72 valence electrons. The lowest BCUT2D eigenvalue weighted by molar-refractivity contribution is -0.256. The summed E-state index contributed by atoms with van der Waals surface area (Å²) in [5.41, 5.74) is 0. The Morgan fingerprint density at radius 2 is 2.08 bits per heavy atom. The van der Waals surface area contributed by atoms with Crippen LogP contribution in [0.2, 0.25) is 0 Å². The van der Waals surface area contributed by atoms with Gasteiger partial charge in [0, 0.05) is 37.2 Å². The summed E-state index contributed by atoms with van der Waals surface area (Å²) in [7, 11) is 2.04. The third-order valence-corrected chi connectivity index (χ3v) is 3.57. The summed E-state index contributed by atoms with van der Waals surface area (Å²) < 4.78 is 21.2. The van der Waals surface area contributed by atoms with Crippen LogP contribution in [-0.4, -0.2) is 46.9 Å². The molecule has 1 fully saturated rings. The quantitative estimate of drug-likeness (QED) is 0.601. The molecule has 1 aliphatic heterocycles. The van der Waals surface area contributed by atoms with Gasteiger partial charge in [-0.15, -0.1) is 0 Å². The van der Waals surface area contributed by atoms with Crippen LogP contribution in [0.4, 0.5) is 0 Å². The van der Waals surface area contributed by atoms with Crippen molar-refractivity contribution in [1.82, 2.24) is 0 Å². The highest BCUT2D eigenvalue weighted by molar-refractivity contribution is 7.85. The van der Waals surface area contributed by atoms with E-state index < -0.39 is 22.7 Å². The van der Waals surface area contributed by atoms with E-state index in [9.17, 15) is 9.32 Å². The maximum absolute atomic E-state index is 11.0. The van der Waals surface area contributed by atoms with Gasteiger partial charge in [0.1, 0.15) is 6.10 Å². The van der Waals surface area contributed by atoms with E-state index in [0.29, 0.717) is 12.2 Å². The average Bonchev–Trinajstić information content (AvgIpc) is 2.06. The lowest BCUT2D eigenvalue weighted by Gasteiger charge is -2.38. The van der Waals surface area contributed by atoms with Crippen LogP contribution >= 0.6 is 0 Å². The first-order valence-corrected chi connectivity index (χ1v) is 5.27. The summed E-state index contributed by atoms with van der Waals surface area (Å²) in [4.78, 5) is 0. The molecule has 5 heteroatoms. The molecule has 0 aromatic heterocycles. The lowest BCUT2D eigenvalue weighted by atomic mass is 10.1. The van der Waals surface area contributed by atoms with E-state index in [0.717, 1.165) is 0 Å². The first kappa shape index (κ1) is 10.1. The minimum atomic E-state index is -0.937. The highest BCUT2D eigenvalue weighted by Gasteiger charge is 2.42. The fourth-order valence-electron chi connectivity index (χ4n) is 1.37. The van der Waals surface area contributed by atoms with E-state index in [1.807, 2.05) is 0 Å². The largest absolute Gasteiger partial charge is 0.387 e. The predicted octanol–water partition coefficient (Wildman–Crippen LogP) is -0.511. The highest BCUT2D eigenvalue weighted by atomic mass is 32.2. The number of aliphatic hydroxyl groups is 1. The summed E-state index contributed by atoms with van der Waals surface area (Å²) in [5.74, 6) is -0.172. The van der Waals surface area contributed by atoms with Gasteiger partial charge in [0.15, 0.2) is 5.79 Å². The van der Waals surface area contributed by atoms with Gasteiger partial charge in [0.2, 0.25) is 0 Å². The Hall–Kier alpha value is 0.0300. The second-order valence-corrected chi connectivity index (χ2v) is 4.42. The molecule has 1 aliphatic rings. The van der Waals surface area contributed by atoms with Crippen LogP contribution in [0.1, 0.15) is 6.42 Å². The second-order valence-electron chi connectivity index (χ2n) is 2.80. The lowest BCUT2D eigenvalue weighted by Crippen LogP contribution is -2.53. The second kappa shape index (κ2) is 3.83. The topological polar surface area (TPSA) is 55.8 Å². The van der Waals surface area contributed by atoms with Crippen molar-refractivity contribution >= 4 is 10.8 Å². The Balaban J connectivity index is 2.70. The number of methoxy groups -OCH3 is 2. The van der Waals surface area contributed by atoms with Gasteiger partial charge in [0.25, 0.3) is 0 Å². The van der Waals surface area contributed by atoms with Crippen LogP contribution in [0.3, 0.4) is 0 Å². The molecule has 0 aromatic carbocycles. The van der Waals surface area contributed by atoms with Gasteiger partial charge in [-0.2, -0.15) is 0 Å². The molecule has 0 radical (unpaired) electrons. The Morgan fingerprint density at radius 3 is 2.50 bits per heavy atom. The number of hydrogen-bond donors (Lipinski definition) is 1. The van der Waals surface area contributed by atoms with Crippen molar-refractivity contribution in [2.45, 2.75) is 18.3 Å². The third kappa shape index (κ3) is 1.69. The monoisotopic (exact) mass is 194 g/mol. The highest BCUT2D eigenvalue weighted by Crippen LogP contribution is 2.26. The van der Waals surface area contributed by atoms with Crippen molar-refractivity contribution in [2.75, 3.05) is 25.7 Å². The zero-order valence-electron chi connectivity index (χ0n) is 7.28. The molecule has 1 heterocycles. The third-order valence-electron chi connectivity index (χ3n) is 2.22. The van der Waals surface area contributed by atoms with E-state index >= 15 is 0 Å². The van der Waals surface area contributed by atoms with E-state index in [1.54, 1.807) is 0 Å². The molecule has 0 aliphatic carbocycles. The van der Waals surface area contributed by atoms with Crippen molar-refractivity contribution < 1.29 is 18.8 Å². The van der Waals surface area contributed by atoms with Crippen LogP contribution in [0, 0.1) is 0 Å². The fourth-order valence-corrected chi connectivity index (χ4v) is 2.65. The molecule has 2 atom stereocenters. The molecule has 1 rings (SSSR count). The van der Waals surface area contributed by atoms with Gasteiger partial charge in [-0.3, -0.25) is 4.21 Å². The SMILES string of the molecule is COC1(OC)CC[S@@](=O)C[C@H]1O. The molecule has 0 bridgehead atoms. The zero-order chi connectivity index (χ0) is 9.19. The molecule has 0 spiro atoms. The first-order valence-electron chi connectivity index (χ1n) is 3.78. The minimum Gasteiger partial charge on any atom is -0.387 e. The summed E-state index contributed by atoms with van der Waals surface area (Å²) >= 11 is 0. The van der Waals surface area contributed by atoms with Gasteiger partial charge in [-0.05, 0) is 0 Å². The van der Waals surface area contributed by atoms with Crippen molar-refractivity contribution in [2.24, 2.45) is 0 Å². The number of hydrogen-bond acceptors (Lipinski definition) is 4. The van der Waals surface area contributed by atoms with E-state index in [1.165, 1.54) is 14.2 Å². The van der Waals surface area contributed by atoms with E-state index in [4.69, 9.17) is 9.47 Å². The summed E-state index contributed by atoms with van der Waals surface area (Å²) in [6.45, 7) is 0. The summed E-state index contributed by atoms with van der Waals surface area (Å²) in [6.07, 6.45) is -0.310. The maximum atomic E-state index is 11.0. The Kier molecular flexibility index (Phi) is 3.22. The van der Waals surface area contributed by atoms with E-state index in [2.05, 4.69) is 0 Å². The van der Waals surface area contributed by atoms with Crippen molar-refractivity contribution in [3.05, 3.63) is 0 Å². The number of aliphatic hydroxyl groups excluding tert-OH is 1. The van der Waals surface area contributed by atoms with Crippen molar-refractivity contribution in [3.8, 4) is 0 Å². The molecular weight excluding hydrogens is 180 g/mol. The Labute approximate surface area is 74.3 Å². The van der Waals surface area contributed by atoms with Gasteiger partial charge >= 0.3 is 0 Å². The van der Waals surface area contributed by atoms with Crippen LogP contribution in [-0.2, 0) is 20.3 Å². The molecular formula is C7H14O4S. The molecule has 1 N–H and O–H groups in total. The van der Waals surface area contributed by atoms with Crippen molar-refractivity contribution in [1.29, 1.82) is 0 Å². The summed E-state index contributed by atoms with van der Waals surface area (Å²) in [6, 6.07) is 0. The van der Waals surface area contributed by atoms with E-state index in [-0.39, 0.29) is 5.75 Å². The summed E-state index contributed by atoms with van der Waals surface area (Å²) in [5, 5.41) is 9.55. The molecule has 0 aromatic rings. The zero-order valence-corrected chi connectivity index (χ0v) is 8.10. The molecule has 0 amide bonds. The van der Waals surface area contributed by atoms with Crippen molar-refractivity contribution in [3.63, 3.8) is 0 Å². The standard InChI is InChI=1S/C7H14O4S/c1-10-7(11-2)3-4-12(9)5-6(7)8/h6,8H,3-5H2,1-2H3/t6-,12-/m1/s1. The van der Waals surface area contributed by atoms with Crippen LogP contribution in [0.25, 0.3) is 0 Å². The molecule has 0 unspecified atom stereocenters. The Morgan fingerprint density at radius 1 is 1.50 bits per heavy atom. The van der Waals surface area contributed by atoms with Crippen LogP contribution < -0.4 is 0 Å². The smallest absolute Gasteiger partial charge is 0.195 e. The maximum Gasteiger partial charge on any atom is 0.195 e. The van der Waals surface area contributed by atoms with Crippen LogP contribution in [0.15, 0.2) is 0 Å². The van der Waals surface area contributed by atoms with Gasteiger partial charge < -0.3 is 14.6 Å². The van der Waals surface area contributed by atoms with Gasteiger partial charge in [-0.25, -0.2) is 0 Å².